The molecule has 5 atom stereocenters. The zero-order chi connectivity index (χ0) is 143. The second kappa shape index (κ2) is 42.1. The summed E-state index contributed by atoms with van der Waals surface area (Å²) in [4.78, 5) is -2.84. The van der Waals surface area contributed by atoms with E-state index < -0.39 is 519 Å². The average Bonchev–Trinajstić information content (AvgIpc) is 1.32. The van der Waals surface area contributed by atoms with Crippen molar-refractivity contribution in [2.24, 2.45) is 0 Å². The van der Waals surface area contributed by atoms with Crippen LogP contribution in [0.2, 0.25) is 0 Å². The van der Waals surface area contributed by atoms with Crippen molar-refractivity contribution in [2.75, 3.05) is 67.5 Å². The summed E-state index contributed by atoms with van der Waals surface area (Å²) in [6, 6.07) is -34.5. The Kier molecular flexibility index (Phi) is 9.89. The number of hydrogen-bond donors (Lipinski definition) is 5. The lowest BCUT2D eigenvalue weighted by molar-refractivity contribution is 0.201. The highest BCUT2D eigenvalue weighted by atomic mass is 32.1. The Morgan fingerprint density at radius 2 is 0.581 bits per heavy atom. The molecule has 0 spiro atoms. The predicted molar refractivity (Wildman–Crippen MR) is 451 cm³/mol. The minimum atomic E-state index is -3.82. The van der Waals surface area contributed by atoms with Crippen LogP contribution in [0.5, 0.6) is 28.7 Å². The highest BCUT2D eigenvalue weighted by Crippen LogP contribution is 2.38. The fourth-order valence-corrected chi connectivity index (χ4v) is 10.5. The molecule has 0 aliphatic heterocycles. The smallest absolute Gasteiger partial charge is 0.134 e. The molecule has 0 bridgehead atoms. The third-order valence-corrected chi connectivity index (χ3v) is 15.8. The van der Waals surface area contributed by atoms with E-state index in [-0.39, 0.29) is 28.1 Å². The van der Waals surface area contributed by atoms with Crippen molar-refractivity contribution in [3.8, 4) is 28.7 Å². The van der Waals surface area contributed by atoms with Gasteiger partial charge in [0.05, 0.1) is 74.0 Å². The summed E-state index contributed by atoms with van der Waals surface area (Å²) in [6.07, 6.45) is -26.2. The molecule has 0 saturated heterocycles. The Morgan fingerprint density at radius 1 is 0.286 bits per heavy atom. The highest BCUT2D eigenvalue weighted by molar-refractivity contribution is 7.11. The molecule has 10 aromatic carbocycles. The van der Waals surface area contributed by atoms with Crippen LogP contribution in [0.15, 0.2) is 299 Å². The quantitative estimate of drug-likeness (QED) is 0.0299. The van der Waals surface area contributed by atoms with E-state index in [2.05, 4.69) is 5.32 Å². The van der Waals surface area contributed by atoms with E-state index in [4.69, 9.17) is 135 Å². The fraction of sp³-hybridized carbons (Fsp3) is 0.222. The van der Waals surface area contributed by atoms with Gasteiger partial charge >= 0.3 is 0 Å². The molecule has 10 nitrogen and oxygen atoms in total. The fourth-order valence-electron chi connectivity index (χ4n) is 7.85. The van der Waals surface area contributed by atoms with Crippen LogP contribution >= 0.6 is 56.7 Å². The van der Waals surface area contributed by atoms with Crippen molar-refractivity contribution in [1.29, 1.82) is 0 Å². The number of hydrogen-bond acceptors (Lipinski definition) is 15. The number of fused-ring (bicyclic) bond motifs is 5. The van der Waals surface area contributed by atoms with Gasteiger partial charge in [0.15, 0.2) is 0 Å². The van der Waals surface area contributed by atoms with Crippen LogP contribution in [0.1, 0.15) is 198 Å². The van der Waals surface area contributed by atoms with Gasteiger partial charge in [-0.3, -0.25) is 0 Å². The van der Waals surface area contributed by atoms with E-state index in [0.29, 0.717) is 45.3 Å². The normalized spacial score (nSPS) is 26.1. The Bertz CT molecular complexity index is 9450. The van der Waals surface area contributed by atoms with Crippen LogP contribution in [0, 0.1) is 0 Å². The number of thiophene rings is 5. The zero-order valence-electron chi connectivity index (χ0n) is 133. The summed E-state index contributed by atoms with van der Waals surface area (Å²) in [5.41, 5.74) is 0. The highest BCUT2D eigenvalue weighted by Gasteiger charge is 2.21. The Morgan fingerprint density at radius 3 is 0.952 bits per heavy atom. The lowest BCUT2D eigenvalue weighted by Gasteiger charge is -2.19. The van der Waals surface area contributed by atoms with E-state index in [1.807, 2.05) is 5.32 Å². The maximum absolute atomic E-state index is 9.01. The van der Waals surface area contributed by atoms with Gasteiger partial charge < -0.3 is 50.3 Å². The zero-order valence-corrected chi connectivity index (χ0v) is 56.6. The minimum Gasteiger partial charge on any atom is -0.484 e. The van der Waals surface area contributed by atoms with Gasteiger partial charge in [-0.15, -0.1) is 56.7 Å². The van der Waals surface area contributed by atoms with Crippen molar-refractivity contribution in [3.05, 3.63) is 323 Å². The first kappa shape index (κ1) is 24.7. The second-order valence-corrected chi connectivity index (χ2v) is 22.7. The average molecular weight is 1570 g/mol. The van der Waals surface area contributed by atoms with E-state index in [0.717, 1.165) is 0 Å². The molecular weight excluding hydrogens is 1390 g/mol. The number of nitrogens with one attached hydrogen (secondary N) is 5. The van der Waals surface area contributed by atoms with Crippen LogP contribution in [0.3, 0.4) is 0 Å². The van der Waals surface area contributed by atoms with Crippen LogP contribution in [0.25, 0.3) is 53.9 Å². The van der Waals surface area contributed by atoms with E-state index >= 15 is 0 Å². The van der Waals surface area contributed by atoms with Crippen molar-refractivity contribution >= 4 is 111 Å². The van der Waals surface area contributed by atoms with Crippen molar-refractivity contribution in [2.45, 2.75) is 62.4 Å². The lowest BCUT2D eigenvalue weighted by Crippen LogP contribution is -2.15. The summed E-state index contributed by atoms with van der Waals surface area (Å²) < 4.78 is 678. The summed E-state index contributed by atoms with van der Waals surface area (Å²) in [6.45, 7) is -26.3. The maximum Gasteiger partial charge on any atom is 0.134 e. The molecule has 0 aliphatic carbocycles. The summed E-state index contributed by atoms with van der Waals surface area (Å²) in [5.74, 6) is -4.19. The van der Waals surface area contributed by atoms with Gasteiger partial charge in [0, 0.05) is 120 Å². The minimum absolute atomic E-state index is 0.168. The van der Waals surface area contributed by atoms with Crippen molar-refractivity contribution in [3.63, 3.8) is 0 Å². The second-order valence-electron chi connectivity index (χ2n) is 18.6. The first-order valence-electron chi connectivity index (χ1n) is 69.3. The molecule has 15 aromatic rings. The van der Waals surface area contributed by atoms with Gasteiger partial charge in [0.25, 0.3) is 0 Å². The van der Waals surface area contributed by atoms with Gasteiger partial charge in [-0.1, -0.05) is 211 Å². The molecule has 15 heteroatoms. The van der Waals surface area contributed by atoms with Gasteiger partial charge in [-0.25, -0.2) is 0 Å². The SMILES string of the molecule is [2H]c1sc(C(Oc2c([2H])c([2H])c([2H])c3c([2H])c([2H])c([2H])c([2H])c23)C([2H])([2H])C([2H])([2H])NC([2H])([2H])[2H])c([2H])c1[2H].[2H]c1sc(C([2H])(CC([2H])([2H])NC([2H])([2H])[2H])Oc2c([2H])c([2H])c([2H])c3c([2H])c([2H])c([2H])c([2H])c23)c([2H])c1[2H].[2H]c1sc(C([2H])(CCNC([2H])([2H])[2H])Oc2c([2H])c([2H])c([2H])c3c([2H])c([2H])c([2H])c([2H])c23)c([2H])c1[2H].[2H]c1sc(C([2H])(Oc2c([2H])c([2H])c([2H])c3c([2H])c([2H])c([2H])c([2H])c23)C([2H])([2H])C([2H])([2H])NC([2H])([2H])[2H])c([2H])c1[2H].[2H]c1sc(C([2H])(Oc2c([2H])c([2H])c([2H])c3c([2H])c([2H])c([2H])c([2H])c23)C([2H])([2H])CNC([2H])([2H])[2H])c([2H])c1[2H]. The molecule has 5 unspecified atom stereocenters. The predicted octanol–water partition coefficient (Wildman–Crippen LogP) is 23.2. The molecule has 0 radical (unpaired) electrons. The van der Waals surface area contributed by atoms with Crippen molar-refractivity contribution in [1.82, 2.24) is 26.6 Å². The molecule has 105 heavy (non-hydrogen) atoms. The topological polar surface area (TPSA) is 106 Å². The van der Waals surface area contributed by atoms with Crippen LogP contribution < -0.4 is 50.3 Å². The van der Waals surface area contributed by atoms with Crippen LogP contribution in [0.4, 0.5) is 0 Å². The number of benzene rings is 10. The summed E-state index contributed by atoms with van der Waals surface area (Å²) >= 11 is 1.83. The monoisotopic (exact) mass is 1570 g/mol. The van der Waals surface area contributed by atoms with Crippen LogP contribution in [-0.4, -0.2) is 67.5 Å². The van der Waals surface area contributed by atoms with Gasteiger partial charge in [0.2, 0.25) is 0 Å². The molecule has 5 N–H and O–H groups in total. The van der Waals surface area contributed by atoms with Gasteiger partial charge in [-0.05, 0) is 182 Å². The molecular formula is C90H95N5O5S5. The van der Waals surface area contributed by atoms with E-state index in [1.54, 1.807) is 5.32 Å². The molecule has 5 heterocycles. The maximum atomic E-state index is 9.01. The molecule has 0 fully saturated rings. The van der Waals surface area contributed by atoms with Gasteiger partial charge in [0.1, 0.15) is 59.2 Å². The molecule has 0 saturated carbocycles. The molecule has 0 aliphatic rings. The number of rotatable bonds is 30. The lowest BCUT2D eigenvalue weighted by atomic mass is 10.1. The Balaban J connectivity index is 0.000000215. The van der Waals surface area contributed by atoms with Gasteiger partial charge in [-0.2, -0.15) is 0 Å². The van der Waals surface area contributed by atoms with E-state index in [9.17, 15) is 0 Å². The first-order chi connectivity index (χ1) is 84.2. The molecule has 5 aromatic heterocycles. The Hall–Kier alpha value is -9.20. The first-order valence-corrected chi connectivity index (χ1v) is 32.9. The third kappa shape index (κ3) is 22.4. The van der Waals surface area contributed by atoms with Crippen LogP contribution in [-0.2, 0) is 0 Å². The summed E-state index contributed by atoms with van der Waals surface area (Å²) in [5, 5.41) is 0.781. The Labute approximate surface area is 753 Å². The molecule has 0 amide bonds. The summed E-state index contributed by atoms with van der Waals surface area (Å²) in [7, 11) is 0. The molecule has 540 valence electrons. The standard InChI is InChI=1S/5C18H19NOS/c5*1-19-12-11-17(18-10-5-13-21-18)20-16-9-4-7-14-6-2-3-8-15(14)16/h5*2-10,13,17,19H,11-12H2,1H3/i1D3,2D,3D,4D,5D,6D,7D,8D,9D,10D,11D2,12D2,13D,17D;1D3,2D,3D,4D,5D,6D,7D,8D,9D,10D,12D2,13D,17D;1D3,2D,3D,4D,5D,6D,7D,8D,9D,10D,11D2,13D,17D;1D3,2D,3D,4D,5D,6D,7D,8D,9D,10D,11D2,12D2,13D;1D3,2D,3D,4D,5D,6D,7D,8D,9D,10D,13D,17D. The number of ether oxygens (including phenoxy) is 5. The molecule has 15 rings (SSSR count). The van der Waals surface area contributed by atoms with E-state index in [1.165, 1.54) is 10.6 Å². The third-order valence-electron chi connectivity index (χ3n) is 12.2. The largest absolute Gasteiger partial charge is 0.484 e. The van der Waals surface area contributed by atoms with Crippen molar-refractivity contribution < 1.29 is 135 Å².